The van der Waals surface area contributed by atoms with E-state index in [1.807, 2.05) is 0 Å². The molecule has 0 aliphatic rings. The van der Waals surface area contributed by atoms with Crippen LogP contribution in [0.1, 0.15) is 0 Å². The summed E-state index contributed by atoms with van der Waals surface area (Å²) in [6.07, 6.45) is 0. The molecule has 0 N–H and O–H groups in total. The van der Waals surface area contributed by atoms with Crippen LogP contribution < -0.4 is 43.4 Å². The van der Waals surface area contributed by atoms with Crippen LogP contribution in [0, 0.1) is 0 Å². The van der Waals surface area contributed by atoms with Crippen molar-refractivity contribution < 1.29 is 0 Å². The molecule has 0 aliphatic carbocycles. The first-order valence-electron chi connectivity index (χ1n) is 7.74. The fourth-order valence-electron chi connectivity index (χ4n) is 3.74. The molecule has 0 spiro atoms. The van der Waals surface area contributed by atoms with Gasteiger partial charge in [-0.3, -0.25) is 0 Å². The monoisotopic (exact) mass is 314 g/mol. The van der Waals surface area contributed by atoms with Gasteiger partial charge in [0, 0.05) is 0 Å². The van der Waals surface area contributed by atoms with Crippen LogP contribution in [0.5, 0.6) is 0 Å². The Morgan fingerprint density at radius 2 is 0.818 bits per heavy atom. The van der Waals surface area contributed by atoms with Gasteiger partial charge >= 0.3 is 0 Å². The first-order chi connectivity index (χ1) is 10.3. The molecule has 2 unspecified atom stereocenters. The largest absolute Gasteiger partial charge is 0.140 e. The average molecular weight is 313 g/mol. The second kappa shape index (κ2) is 5.51. The molecule has 0 heterocycles. The van der Waals surface area contributed by atoms with E-state index in [4.69, 9.17) is 0 Å². The molecule has 0 radical (unpaired) electrons. The molecule has 0 saturated carbocycles. The van der Waals surface area contributed by atoms with E-state index in [0.717, 1.165) is 0 Å². The molecule has 0 amide bonds. The third kappa shape index (κ3) is 2.07. The molecular weight excluding hydrogens is 295 g/mol. The lowest BCUT2D eigenvalue weighted by molar-refractivity contribution is 1.96. The van der Waals surface area contributed by atoms with Gasteiger partial charge in [0.25, 0.3) is 0 Å². The minimum atomic E-state index is 1.35. The molecule has 8 heteroatoms. The molecule has 0 saturated heterocycles. The molecular formula is C14H18B6P2. The lowest BCUT2D eigenvalue weighted by Gasteiger charge is -2.22. The Morgan fingerprint density at radius 1 is 0.500 bits per heavy atom. The zero-order valence-electron chi connectivity index (χ0n) is 14.3. The molecule has 102 valence electrons. The Labute approximate surface area is 142 Å². The summed E-state index contributed by atoms with van der Waals surface area (Å²) < 4.78 is 0. The summed E-state index contributed by atoms with van der Waals surface area (Å²) in [6.45, 7) is 0. The second-order valence-electron chi connectivity index (χ2n) is 6.53. The van der Waals surface area contributed by atoms with Crippen LogP contribution in [0.4, 0.5) is 0 Å². The van der Waals surface area contributed by atoms with Gasteiger partial charge in [-0.2, -0.15) is 0 Å². The maximum atomic E-state index is 3.02. The van der Waals surface area contributed by atoms with Gasteiger partial charge in [0.1, 0.15) is 47.1 Å². The summed E-state index contributed by atoms with van der Waals surface area (Å²) in [7, 11) is 19.5. The van der Waals surface area contributed by atoms with Crippen molar-refractivity contribution in [1.82, 2.24) is 0 Å². The van der Waals surface area contributed by atoms with Crippen LogP contribution in [0.3, 0.4) is 0 Å². The molecule has 0 nitrogen and oxygen atoms in total. The fourth-order valence-corrected chi connectivity index (χ4v) is 5.21. The first-order valence-corrected chi connectivity index (χ1v) is 8.89. The van der Waals surface area contributed by atoms with Crippen LogP contribution in [-0.4, -0.2) is 47.1 Å². The highest BCUT2D eigenvalue weighted by Gasteiger charge is 2.17. The van der Waals surface area contributed by atoms with Crippen LogP contribution >= 0.6 is 18.5 Å². The van der Waals surface area contributed by atoms with Crippen molar-refractivity contribution in [2.24, 2.45) is 0 Å². The third-order valence-corrected chi connectivity index (χ3v) is 6.54. The van der Waals surface area contributed by atoms with Gasteiger partial charge in [0.05, 0.1) is 0 Å². The first kappa shape index (κ1) is 16.3. The van der Waals surface area contributed by atoms with Crippen molar-refractivity contribution in [2.45, 2.75) is 0 Å². The predicted molar refractivity (Wildman–Crippen MR) is 129 cm³/mol. The van der Waals surface area contributed by atoms with E-state index < -0.39 is 0 Å². The van der Waals surface area contributed by atoms with Gasteiger partial charge in [0.15, 0.2) is 0 Å². The molecule has 0 aliphatic heterocycles. The molecule has 2 atom stereocenters. The highest BCUT2D eigenvalue weighted by molar-refractivity contribution is 7.32. The van der Waals surface area contributed by atoms with Crippen LogP contribution in [0.15, 0.2) is 12.1 Å². The number of hydrogen-bond donors (Lipinski definition) is 0. The molecule has 3 aromatic rings. The number of benzene rings is 3. The van der Waals surface area contributed by atoms with E-state index in [-0.39, 0.29) is 0 Å². The van der Waals surface area contributed by atoms with Gasteiger partial charge in [-0.1, -0.05) is 34.0 Å². The average Bonchev–Trinajstić information content (AvgIpc) is 2.48. The maximum Gasteiger partial charge on any atom is 0.140 e. The Hall–Kier alpha value is -0.570. The van der Waals surface area contributed by atoms with E-state index in [2.05, 4.69) is 77.7 Å². The van der Waals surface area contributed by atoms with Gasteiger partial charge in [-0.05, 0) is 32.2 Å². The smallest absolute Gasteiger partial charge is 0.104 e. The van der Waals surface area contributed by atoms with Gasteiger partial charge in [-0.25, -0.2) is 0 Å². The summed E-state index contributed by atoms with van der Waals surface area (Å²) >= 11 is 0. The summed E-state index contributed by atoms with van der Waals surface area (Å²) in [5, 5.41) is 8.32. The zero-order valence-corrected chi connectivity index (χ0v) is 16.6. The zero-order chi connectivity index (χ0) is 16.3. The number of rotatable bonds is 0. The maximum absolute atomic E-state index is 3.02. The summed E-state index contributed by atoms with van der Waals surface area (Å²) in [6, 6.07) is 4.48. The summed E-state index contributed by atoms with van der Waals surface area (Å²) in [4.78, 5) is 0. The highest BCUT2D eigenvalue weighted by atomic mass is 31.0. The second-order valence-corrected chi connectivity index (χ2v) is 7.68. The van der Waals surface area contributed by atoms with E-state index in [1.54, 1.807) is 0 Å². The van der Waals surface area contributed by atoms with Crippen molar-refractivity contribution in [1.29, 1.82) is 0 Å². The highest BCUT2D eigenvalue weighted by Crippen LogP contribution is 2.18. The summed E-state index contributed by atoms with van der Waals surface area (Å²) in [5.41, 5.74) is 8.37. The Kier molecular flexibility index (Phi) is 4.08. The summed E-state index contributed by atoms with van der Waals surface area (Å²) in [5.74, 6) is 0. The van der Waals surface area contributed by atoms with Gasteiger partial charge in [-0.15, -0.1) is 29.4 Å². The van der Waals surface area contributed by atoms with Crippen LogP contribution in [0.25, 0.3) is 21.5 Å². The fraction of sp³-hybridized carbons (Fsp3) is 0. The molecule has 3 rings (SSSR count). The van der Waals surface area contributed by atoms with Crippen LogP contribution in [0.2, 0.25) is 0 Å². The van der Waals surface area contributed by atoms with Crippen LogP contribution in [-0.2, 0) is 0 Å². The van der Waals surface area contributed by atoms with E-state index in [1.165, 1.54) is 64.9 Å². The normalized spacial score (nSPS) is 11.4. The predicted octanol–water partition coefficient (Wildman–Crippen LogP) is -7.46. The van der Waals surface area contributed by atoms with E-state index in [9.17, 15) is 0 Å². The Bertz CT molecular complexity index is 890. The standard InChI is InChI=1S/C14H18B6P2/c15-3-1-2-4(16)6-5(3)13(21)7-8(14(6)22)10(18)12(20)11(19)9(7)17/h1-2H,15-22H2. The van der Waals surface area contributed by atoms with Crippen molar-refractivity contribution >= 4 is 130 Å². The quantitative estimate of drug-likeness (QED) is 0.220. The van der Waals surface area contributed by atoms with E-state index in [0.29, 0.717) is 0 Å². The van der Waals surface area contributed by atoms with E-state index >= 15 is 0 Å². The topological polar surface area (TPSA) is 0 Å². The molecule has 22 heavy (non-hydrogen) atoms. The van der Waals surface area contributed by atoms with Crippen molar-refractivity contribution in [2.75, 3.05) is 0 Å². The number of fused-ring (bicyclic) bond motifs is 2. The molecule has 3 aromatic carbocycles. The van der Waals surface area contributed by atoms with Crippen molar-refractivity contribution in [3.05, 3.63) is 12.1 Å². The minimum Gasteiger partial charge on any atom is -0.104 e. The molecule has 0 bridgehead atoms. The third-order valence-electron chi connectivity index (χ3n) is 5.39. The lowest BCUT2D eigenvalue weighted by Crippen LogP contribution is -2.50. The Balaban J connectivity index is 2.79. The lowest BCUT2D eigenvalue weighted by atomic mass is 9.64. The molecule has 0 aromatic heterocycles. The SMILES string of the molecule is Bc1c(B)c(B)c2c(P)c3c(B)ccc(B)c3c(P)c2c1B. The number of hydrogen-bond acceptors (Lipinski definition) is 0. The van der Waals surface area contributed by atoms with Gasteiger partial charge in [0.2, 0.25) is 0 Å². The van der Waals surface area contributed by atoms with Crippen molar-refractivity contribution in [3.8, 4) is 0 Å². The van der Waals surface area contributed by atoms with Crippen molar-refractivity contribution in [3.63, 3.8) is 0 Å². The molecule has 0 fully saturated rings. The Morgan fingerprint density at radius 3 is 1.14 bits per heavy atom. The van der Waals surface area contributed by atoms with Gasteiger partial charge < -0.3 is 0 Å². The minimum absolute atomic E-state index is 1.35.